The van der Waals surface area contributed by atoms with E-state index in [1.54, 1.807) is 24.3 Å². The number of fused-ring (bicyclic) bond motifs is 2. The predicted octanol–water partition coefficient (Wildman–Crippen LogP) is 5.62. The standard InChI is InChI=1S/C24H24ClN3O5/c1-22(2)23(3)12-13-24(22,21(30)26-17-8-10-18(11-9-17)28(31)32)14-19(23)27-33-20(29)15-4-6-16(25)7-5-15/h4-11H,12-14H2,1-3H3,(H,26,30)/b27-19+. The third-order valence-electron chi connectivity index (χ3n) is 7.82. The second kappa shape index (κ2) is 7.95. The Labute approximate surface area is 196 Å². The van der Waals surface area contributed by atoms with Crippen LogP contribution in [0.25, 0.3) is 0 Å². The van der Waals surface area contributed by atoms with Gasteiger partial charge in [0.1, 0.15) is 0 Å². The zero-order valence-electron chi connectivity index (χ0n) is 18.6. The van der Waals surface area contributed by atoms with Crippen LogP contribution in [0.3, 0.4) is 0 Å². The zero-order valence-corrected chi connectivity index (χ0v) is 19.3. The Morgan fingerprint density at radius 1 is 1.06 bits per heavy atom. The van der Waals surface area contributed by atoms with Crippen LogP contribution in [-0.2, 0) is 9.63 Å². The van der Waals surface area contributed by atoms with Crippen LogP contribution in [0.15, 0.2) is 53.7 Å². The molecule has 2 aliphatic carbocycles. The molecule has 1 amide bonds. The van der Waals surface area contributed by atoms with E-state index in [1.165, 1.54) is 24.3 Å². The molecule has 2 aromatic rings. The highest BCUT2D eigenvalue weighted by atomic mass is 35.5. The Hall–Kier alpha value is -3.26. The lowest BCUT2D eigenvalue weighted by atomic mass is 9.64. The molecule has 2 bridgehead atoms. The number of non-ortho nitro benzene ring substituents is 1. The zero-order chi connectivity index (χ0) is 24.0. The fourth-order valence-corrected chi connectivity index (χ4v) is 5.30. The predicted molar refractivity (Wildman–Crippen MR) is 124 cm³/mol. The molecule has 8 nitrogen and oxygen atoms in total. The summed E-state index contributed by atoms with van der Waals surface area (Å²) in [6.07, 6.45) is 1.76. The van der Waals surface area contributed by atoms with E-state index < -0.39 is 27.1 Å². The summed E-state index contributed by atoms with van der Waals surface area (Å²) in [5.74, 6) is -0.757. The number of halogens is 1. The summed E-state index contributed by atoms with van der Waals surface area (Å²) < 4.78 is 0. The molecule has 0 aromatic heterocycles. The molecule has 0 radical (unpaired) electrons. The van der Waals surface area contributed by atoms with Crippen molar-refractivity contribution in [1.82, 2.24) is 0 Å². The highest BCUT2D eigenvalue weighted by Gasteiger charge is 2.71. The number of hydrogen-bond donors (Lipinski definition) is 1. The third kappa shape index (κ3) is 3.58. The molecule has 1 N–H and O–H groups in total. The molecule has 2 unspecified atom stereocenters. The molecule has 172 valence electrons. The van der Waals surface area contributed by atoms with Gasteiger partial charge in [-0.15, -0.1) is 0 Å². The van der Waals surface area contributed by atoms with Gasteiger partial charge in [0.2, 0.25) is 5.91 Å². The largest absolute Gasteiger partial charge is 0.365 e. The summed E-state index contributed by atoms with van der Waals surface area (Å²) in [4.78, 5) is 41.6. The van der Waals surface area contributed by atoms with Crippen LogP contribution >= 0.6 is 11.6 Å². The number of rotatable bonds is 5. The molecule has 2 fully saturated rings. The molecule has 0 saturated heterocycles. The third-order valence-corrected chi connectivity index (χ3v) is 8.08. The Morgan fingerprint density at radius 2 is 1.70 bits per heavy atom. The maximum absolute atomic E-state index is 13.5. The van der Waals surface area contributed by atoms with Crippen molar-refractivity contribution in [2.24, 2.45) is 21.4 Å². The fraction of sp³-hybridized carbons (Fsp3) is 0.375. The summed E-state index contributed by atoms with van der Waals surface area (Å²) >= 11 is 5.87. The van der Waals surface area contributed by atoms with E-state index >= 15 is 0 Å². The van der Waals surface area contributed by atoms with Gasteiger partial charge >= 0.3 is 5.97 Å². The van der Waals surface area contributed by atoms with E-state index in [-0.39, 0.29) is 11.6 Å². The molecule has 0 heterocycles. The first-order valence-corrected chi connectivity index (χ1v) is 11.0. The first kappa shape index (κ1) is 22.9. The first-order valence-electron chi connectivity index (χ1n) is 10.6. The molecule has 33 heavy (non-hydrogen) atoms. The Morgan fingerprint density at radius 3 is 2.30 bits per heavy atom. The maximum Gasteiger partial charge on any atom is 0.365 e. The number of benzene rings is 2. The van der Waals surface area contributed by atoms with Gasteiger partial charge in [-0.1, -0.05) is 37.5 Å². The molecular weight excluding hydrogens is 446 g/mol. The molecule has 0 spiro atoms. The van der Waals surface area contributed by atoms with Gasteiger partial charge < -0.3 is 10.2 Å². The second-order valence-corrected chi connectivity index (χ2v) is 9.83. The lowest BCUT2D eigenvalue weighted by molar-refractivity contribution is -0.384. The Kier molecular flexibility index (Phi) is 5.52. The average Bonchev–Trinajstić information content (AvgIpc) is 3.09. The Bertz CT molecular complexity index is 1160. The van der Waals surface area contributed by atoms with Crippen molar-refractivity contribution >= 4 is 40.6 Å². The minimum Gasteiger partial charge on any atom is -0.326 e. The van der Waals surface area contributed by atoms with Gasteiger partial charge in [0, 0.05) is 34.7 Å². The Balaban J connectivity index is 1.56. The molecule has 2 saturated carbocycles. The fourth-order valence-electron chi connectivity index (χ4n) is 5.17. The molecule has 4 rings (SSSR count). The van der Waals surface area contributed by atoms with Crippen molar-refractivity contribution in [2.45, 2.75) is 40.0 Å². The van der Waals surface area contributed by atoms with Gasteiger partial charge in [0.15, 0.2) is 0 Å². The SMILES string of the molecule is CC12CCC(C(=O)Nc3ccc([N+](=O)[O-])cc3)(C/C1=N\OC(=O)c1ccc(Cl)cc1)C2(C)C. The summed E-state index contributed by atoms with van der Waals surface area (Å²) in [5.41, 5.74) is -0.144. The lowest BCUT2D eigenvalue weighted by Crippen LogP contribution is -2.43. The van der Waals surface area contributed by atoms with Crippen LogP contribution in [0, 0.1) is 26.4 Å². The van der Waals surface area contributed by atoms with E-state index in [9.17, 15) is 19.7 Å². The minimum absolute atomic E-state index is 0.0438. The van der Waals surface area contributed by atoms with E-state index in [1.807, 2.05) is 13.8 Å². The summed E-state index contributed by atoms with van der Waals surface area (Å²) in [7, 11) is 0. The van der Waals surface area contributed by atoms with Crippen LogP contribution in [0.1, 0.15) is 50.4 Å². The van der Waals surface area contributed by atoms with E-state index in [4.69, 9.17) is 16.4 Å². The number of nitrogens with zero attached hydrogens (tertiary/aromatic N) is 2. The number of oxime groups is 1. The second-order valence-electron chi connectivity index (χ2n) is 9.40. The topological polar surface area (TPSA) is 111 Å². The molecule has 2 aromatic carbocycles. The number of carbonyl (C=O) groups is 2. The first-order chi connectivity index (χ1) is 15.5. The van der Waals surface area contributed by atoms with Crippen LogP contribution in [-0.4, -0.2) is 22.5 Å². The van der Waals surface area contributed by atoms with Crippen molar-refractivity contribution < 1.29 is 19.3 Å². The van der Waals surface area contributed by atoms with Crippen molar-refractivity contribution in [3.63, 3.8) is 0 Å². The van der Waals surface area contributed by atoms with Crippen molar-refractivity contribution in [3.8, 4) is 0 Å². The molecule has 9 heteroatoms. The van der Waals surface area contributed by atoms with Crippen molar-refractivity contribution in [3.05, 3.63) is 69.2 Å². The number of amides is 1. The number of nitrogens with one attached hydrogen (secondary N) is 1. The normalized spacial score (nSPS) is 26.2. The van der Waals surface area contributed by atoms with Gasteiger partial charge in [-0.2, -0.15) is 0 Å². The van der Waals surface area contributed by atoms with Gasteiger partial charge in [-0.3, -0.25) is 14.9 Å². The van der Waals surface area contributed by atoms with Gasteiger partial charge in [-0.05, 0) is 54.7 Å². The molecule has 2 atom stereocenters. The van der Waals surface area contributed by atoms with Crippen LogP contribution in [0.4, 0.5) is 11.4 Å². The average molecular weight is 470 g/mol. The number of anilines is 1. The number of hydrogen-bond acceptors (Lipinski definition) is 6. The van der Waals surface area contributed by atoms with Crippen LogP contribution in [0.2, 0.25) is 5.02 Å². The minimum atomic E-state index is -0.741. The lowest BCUT2D eigenvalue weighted by Gasteiger charge is -2.39. The summed E-state index contributed by atoms with van der Waals surface area (Å²) in [6.45, 7) is 6.13. The highest BCUT2D eigenvalue weighted by molar-refractivity contribution is 6.30. The van der Waals surface area contributed by atoms with Gasteiger partial charge in [-0.25, -0.2) is 4.79 Å². The summed E-state index contributed by atoms with van der Waals surface area (Å²) in [6, 6.07) is 12.1. The van der Waals surface area contributed by atoms with Gasteiger partial charge in [0.05, 0.1) is 21.6 Å². The monoisotopic (exact) mass is 469 g/mol. The smallest absolute Gasteiger partial charge is 0.326 e. The van der Waals surface area contributed by atoms with Gasteiger partial charge in [0.25, 0.3) is 5.69 Å². The number of carbonyl (C=O) groups excluding carboxylic acids is 2. The quantitative estimate of drug-likeness (QED) is 0.347. The van der Waals surface area contributed by atoms with E-state index in [0.29, 0.717) is 34.8 Å². The highest BCUT2D eigenvalue weighted by Crippen LogP contribution is 2.71. The van der Waals surface area contributed by atoms with Crippen LogP contribution in [0.5, 0.6) is 0 Å². The van der Waals surface area contributed by atoms with Crippen molar-refractivity contribution in [1.29, 1.82) is 0 Å². The molecular formula is C24H24ClN3O5. The van der Waals surface area contributed by atoms with Crippen molar-refractivity contribution in [2.75, 3.05) is 5.32 Å². The maximum atomic E-state index is 13.5. The number of nitro groups is 1. The number of nitro benzene ring substituents is 1. The molecule has 2 aliphatic rings. The van der Waals surface area contributed by atoms with E-state index in [0.717, 1.165) is 6.42 Å². The molecule has 0 aliphatic heterocycles. The van der Waals surface area contributed by atoms with E-state index in [2.05, 4.69) is 17.4 Å². The summed E-state index contributed by atoms with van der Waals surface area (Å²) in [5, 5.41) is 18.5. The van der Waals surface area contributed by atoms with Crippen LogP contribution < -0.4 is 5.32 Å².